The highest BCUT2D eigenvalue weighted by atomic mass is 35.5. The van der Waals surface area contributed by atoms with Gasteiger partial charge in [0.2, 0.25) is 15.9 Å². The van der Waals surface area contributed by atoms with Crippen molar-refractivity contribution < 1.29 is 56.8 Å². The summed E-state index contributed by atoms with van der Waals surface area (Å²) in [6, 6.07) is 5.14. The second-order valence-electron chi connectivity index (χ2n) is 16.6. The van der Waals surface area contributed by atoms with Gasteiger partial charge in [-0.1, -0.05) is 23.6 Å². The van der Waals surface area contributed by atoms with E-state index in [-0.39, 0.29) is 50.4 Å². The molecule has 0 radical (unpaired) electrons. The molecule has 4 atom stereocenters. The quantitative estimate of drug-likeness (QED) is 0.0840. The number of carbonyl (C=O) groups is 1. The first-order valence-corrected chi connectivity index (χ1v) is 23.4. The number of sulfonamides is 1. The number of nitrogens with one attached hydrogen (secondary N) is 1. The van der Waals surface area contributed by atoms with Gasteiger partial charge in [0.15, 0.2) is 15.7 Å². The van der Waals surface area contributed by atoms with Crippen LogP contribution in [0.1, 0.15) is 91.3 Å². The van der Waals surface area contributed by atoms with E-state index in [1.54, 1.807) is 0 Å². The number of hydrogen-bond acceptors (Lipinski definition) is 8. The largest absolute Gasteiger partial charge is 0.368 e. The number of anilines is 1. The number of sulfone groups is 1. The minimum atomic E-state index is -4.09. The van der Waals surface area contributed by atoms with Crippen molar-refractivity contribution in [3.63, 3.8) is 0 Å². The average molecular weight is 958 g/mol. The van der Waals surface area contributed by atoms with E-state index in [9.17, 15) is 48.0 Å². The van der Waals surface area contributed by atoms with Crippen molar-refractivity contribution in [3.8, 4) is 23.0 Å². The van der Waals surface area contributed by atoms with Gasteiger partial charge in [-0.15, -0.1) is 0 Å². The molecule has 64 heavy (non-hydrogen) atoms. The maximum absolute atomic E-state index is 16.2. The fraction of sp³-hybridized carbons (Fsp3) is 0.415. The fourth-order valence-electron chi connectivity index (χ4n) is 8.24. The normalized spacial score (nSPS) is 19.0. The molecular weight excluding hydrogens is 922 g/mol. The number of nitrogens with two attached hydrogens (primary N) is 1. The molecular formula is C41H36ClF8N7O5S2. The van der Waals surface area contributed by atoms with Gasteiger partial charge >= 0.3 is 0 Å². The van der Waals surface area contributed by atoms with Gasteiger partial charge in [0, 0.05) is 40.8 Å². The molecule has 0 aliphatic heterocycles. The first kappa shape index (κ1) is 45.3. The van der Waals surface area contributed by atoms with Gasteiger partial charge in [-0.3, -0.25) is 14.2 Å². The average Bonchev–Trinajstić information content (AvgIpc) is 4.10. The van der Waals surface area contributed by atoms with Crippen LogP contribution in [0.3, 0.4) is 0 Å². The third-order valence-electron chi connectivity index (χ3n) is 11.8. The van der Waals surface area contributed by atoms with Crippen molar-refractivity contribution in [2.75, 3.05) is 11.0 Å². The van der Waals surface area contributed by atoms with E-state index in [0.717, 1.165) is 23.1 Å². The molecule has 5 aromatic rings. The predicted molar refractivity (Wildman–Crippen MR) is 218 cm³/mol. The number of alkyl halides is 6. The van der Waals surface area contributed by atoms with E-state index < -0.39 is 126 Å². The highest BCUT2D eigenvalue weighted by Crippen LogP contribution is 2.68. The van der Waals surface area contributed by atoms with Gasteiger partial charge in [0.1, 0.15) is 46.0 Å². The zero-order chi connectivity index (χ0) is 46.6. The Labute approximate surface area is 365 Å². The summed E-state index contributed by atoms with van der Waals surface area (Å²) in [6.45, 7) is 1.45. The number of halogens is 9. The van der Waals surface area contributed by atoms with Crippen LogP contribution in [0.2, 0.25) is 5.02 Å². The van der Waals surface area contributed by atoms with Gasteiger partial charge in [-0.2, -0.15) is 19.0 Å². The zero-order valence-electron chi connectivity index (χ0n) is 33.7. The van der Waals surface area contributed by atoms with Gasteiger partial charge in [0.05, 0.1) is 26.9 Å². The zero-order valence-corrected chi connectivity index (χ0v) is 36.1. The van der Waals surface area contributed by atoms with Crippen LogP contribution in [0, 0.1) is 29.4 Å². The number of primary amides is 1. The maximum atomic E-state index is 16.2. The minimum absolute atomic E-state index is 0.0907. The second-order valence-corrected chi connectivity index (χ2v) is 21.6. The summed E-state index contributed by atoms with van der Waals surface area (Å²) in [5, 5.41) is 6.90. The molecule has 8 rings (SSSR count). The first-order valence-electron chi connectivity index (χ1n) is 19.6. The van der Waals surface area contributed by atoms with Gasteiger partial charge < -0.3 is 5.73 Å². The van der Waals surface area contributed by atoms with Crippen LogP contribution >= 0.6 is 11.6 Å². The molecule has 3 heterocycles. The van der Waals surface area contributed by atoms with Crippen LogP contribution < -0.4 is 10.5 Å². The predicted octanol–water partition coefficient (Wildman–Crippen LogP) is 7.77. The van der Waals surface area contributed by atoms with E-state index in [1.807, 2.05) is 0 Å². The van der Waals surface area contributed by atoms with E-state index in [4.69, 9.17) is 17.3 Å². The van der Waals surface area contributed by atoms with Gasteiger partial charge in [-0.05, 0) is 87.3 Å². The molecule has 3 aliphatic rings. The van der Waals surface area contributed by atoms with Crippen molar-refractivity contribution >= 4 is 54.1 Å². The van der Waals surface area contributed by atoms with Gasteiger partial charge in [0.25, 0.3) is 18.8 Å². The molecule has 1 amide bonds. The van der Waals surface area contributed by atoms with Crippen LogP contribution in [0.5, 0.6) is 0 Å². The minimum Gasteiger partial charge on any atom is -0.368 e. The lowest BCUT2D eigenvalue weighted by molar-refractivity contribution is -0.122. The molecule has 0 bridgehead atoms. The second kappa shape index (κ2) is 15.7. The SMILES string of the molecule is CC(C)(C#Cc1ccc(-c2ccc(Cl)c3c(NS(=O)(=O)C4CC4)nn(CC(F)F)c23)c([C@@H](Cc2cc(F)cc(F)c2)C(C(N)=O)n2nc(C(F)F)c3c2C(F)(F)[C@@H]2C[C@H]32)n1)S(C)(=O)=O. The number of rotatable bonds is 14. The molecule has 2 aromatic carbocycles. The number of nitrogens with zero attached hydrogens (tertiary/aromatic N) is 5. The molecule has 3 N–H and O–H groups in total. The van der Waals surface area contributed by atoms with Gasteiger partial charge in [-0.25, -0.2) is 52.8 Å². The number of carbonyl (C=O) groups excluding carboxylic acids is 1. The molecule has 2 saturated carbocycles. The molecule has 23 heteroatoms. The van der Waals surface area contributed by atoms with Crippen molar-refractivity contribution in [1.29, 1.82) is 0 Å². The fourth-order valence-corrected chi connectivity index (χ4v) is 10.1. The summed E-state index contributed by atoms with van der Waals surface area (Å²) >= 11 is 6.64. The smallest absolute Gasteiger partial charge is 0.293 e. The molecule has 0 saturated heterocycles. The van der Waals surface area contributed by atoms with E-state index >= 15 is 8.78 Å². The lowest BCUT2D eigenvalue weighted by Crippen LogP contribution is -2.37. The molecule has 12 nitrogen and oxygen atoms in total. The highest BCUT2D eigenvalue weighted by molar-refractivity contribution is 7.93. The lowest BCUT2D eigenvalue weighted by atomic mass is 9.84. The molecule has 2 fully saturated rings. The summed E-state index contributed by atoms with van der Waals surface area (Å²) in [7, 11) is -7.94. The summed E-state index contributed by atoms with van der Waals surface area (Å²) in [5.74, 6) is -6.88. The van der Waals surface area contributed by atoms with Crippen molar-refractivity contribution in [2.24, 2.45) is 11.7 Å². The summed E-state index contributed by atoms with van der Waals surface area (Å²) in [4.78, 5) is 18.6. The highest BCUT2D eigenvalue weighted by Gasteiger charge is 2.68. The number of benzene rings is 2. The molecule has 0 spiro atoms. The van der Waals surface area contributed by atoms with Crippen LogP contribution in [0.4, 0.5) is 40.9 Å². The van der Waals surface area contributed by atoms with E-state index in [1.165, 1.54) is 38.1 Å². The monoisotopic (exact) mass is 957 g/mol. The Morgan fingerprint density at radius 2 is 1.66 bits per heavy atom. The van der Waals surface area contributed by atoms with Crippen molar-refractivity contribution in [2.45, 2.75) is 92.7 Å². The van der Waals surface area contributed by atoms with Crippen LogP contribution in [0.15, 0.2) is 42.5 Å². The number of hydrogen-bond donors (Lipinski definition) is 2. The summed E-state index contributed by atoms with van der Waals surface area (Å²) in [5.41, 5.74) is 2.22. The first-order chi connectivity index (χ1) is 29.8. The lowest BCUT2D eigenvalue weighted by Gasteiger charge is -2.29. The Hall–Kier alpha value is -5.27. The number of amides is 1. The van der Waals surface area contributed by atoms with Crippen LogP contribution in [-0.2, 0) is 43.5 Å². The Morgan fingerprint density at radius 3 is 2.25 bits per heavy atom. The number of aromatic nitrogens is 5. The number of fused-ring (bicyclic) bond motifs is 4. The molecule has 1 unspecified atom stereocenters. The van der Waals surface area contributed by atoms with Crippen molar-refractivity contribution in [1.82, 2.24) is 24.5 Å². The van der Waals surface area contributed by atoms with Crippen LogP contribution in [-0.4, -0.2) is 70.0 Å². The Kier molecular flexibility index (Phi) is 11.1. The summed E-state index contributed by atoms with van der Waals surface area (Å²) in [6.07, 6.45) is -5.78. The van der Waals surface area contributed by atoms with E-state index in [0.29, 0.717) is 23.6 Å². The molecule has 3 aliphatic carbocycles. The third-order valence-corrected chi connectivity index (χ3v) is 15.9. The Bertz CT molecular complexity index is 3030. The topological polar surface area (TPSA) is 172 Å². The maximum Gasteiger partial charge on any atom is 0.293 e. The Morgan fingerprint density at radius 1 is 1.00 bits per heavy atom. The van der Waals surface area contributed by atoms with Crippen LogP contribution in [0.25, 0.3) is 22.0 Å². The molecule has 340 valence electrons. The third kappa shape index (κ3) is 8.07. The van der Waals surface area contributed by atoms with Crippen molar-refractivity contribution in [3.05, 3.63) is 93.0 Å². The van der Waals surface area contributed by atoms with E-state index in [2.05, 4.69) is 31.7 Å². The Balaban J connectivity index is 1.45. The summed E-state index contributed by atoms with van der Waals surface area (Å²) < 4.78 is 173. The standard InChI is InChI=1S/C41H36ClF8N7O5S2/c1-40(2,63(3,59)60)11-10-21-4-7-23(24-8-9-28(42)31-34(24)56(17-29(45)46)54-39(31)55-64(61,62)22-5-6-22)32(52-21)26(14-18-12-19(43)15-20(44)13-18)35(38(51)58)57-36-30(33(53-57)37(47)48)25-16-27(25)41(36,49)50/h4,7-9,12-13,15,22,25-27,29,35,37H,5-6,14,16-17H2,1-3H3,(H2,51,58)(H,54,55)/t25-,26+,27+,35?/m0/s1. The number of pyridine rings is 1. The molecule has 3 aromatic heterocycles.